The molecule has 0 bridgehead atoms. The molecule has 0 aliphatic heterocycles. The number of thiophene rings is 1. The van der Waals surface area contributed by atoms with Gasteiger partial charge in [-0.15, -0.1) is 22.7 Å². The minimum atomic E-state index is -0.184. The fourth-order valence-corrected chi connectivity index (χ4v) is 5.77. The van der Waals surface area contributed by atoms with Crippen molar-refractivity contribution in [1.82, 2.24) is 9.97 Å². The molecular formula is C23H16N2O2S2. The predicted octanol–water partition coefficient (Wildman–Crippen LogP) is 5.75. The first-order valence-electron chi connectivity index (χ1n) is 9.30. The van der Waals surface area contributed by atoms with Gasteiger partial charge in [-0.1, -0.05) is 6.92 Å². The molecule has 5 rings (SSSR count). The van der Waals surface area contributed by atoms with Crippen molar-refractivity contribution in [3.8, 4) is 10.6 Å². The van der Waals surface area contributed by atoms with E-state index in [1.54, 1.807) is 29.8 Å². The van der Waals surface area contributed by atoms with E-state index in [1.807, 2.05) is 37.3 Å². The SMILES string of the molecule is CCc1cc2c(cc1C)C(=O)/C(=C/c1cc3sc(-c4cccnc4)nc3s1)C2=O. The van der Waals surface area contributed by atoms with Crippen LogP contribution in [0.2, 0.25) is 0 Å². The van der Waals surface area contributed by atoms with Crippen LogP contribution in [0.15, 0.2) is 48.3 Å². The highest BCUT2D eigenvalue weighted by Gasteiger charge is 2.33. The van der Waals surface area contributed by atoms with Crippen LogP contribution in [0.4, 0.5) is 0 Å². The molecule has 29 heavy (non-hydrogen) atoms. The lowest BCUT2D eigenvalue weighted by atomic mass is 9.99. The van der Waals surface area contributed by atoms with E-state index in [2.05, 4.69) is 16.9 Å². The Morgan fingerprint density at radius 2 is 1.86 bits per heavy atom. The van der Waals surface area contributed by atoms with Gasteiger partial charge in [0.15, 0.2) is 11.6 Å². The van der Waals surface area contributed by atoms with Crippen molar-refractivity contribution in [2.75, 3.05) is 0 Å². The van der Waals surface area contributed by atoms with Crippen molar-refractivity contribution < 1.29 is 9.59 Å². The predicted molar refractivity (Wildman–Crippen MR) is 118 cm³/mol. The van der Waals surface area contributed by atoms with Gasteiger partial charge in [-0.05, 0) is 60.9 Å². The average Bonchev–Trinajstić information content (AvgIpc) is 3.36. The third kappa shape index (κ3) is 2.96. The van der Waals surface area contributed by atoms with Crippen LogP contribution in [0, 0.1) is 6.92 Å². The van der Waals surface area contributed by atoms with Crippen molar-refractivity contribution in [2.24, 2.45) is 0 Å². The summed E-state index contributed by atoms with van der Waals surface area (Å²) in [5.74, 6) is -0.364. The molecule has 0 spiro atoms. The maximum atomic E-state index is 12.9. The number of benzene rings is 1. The van der Waals surface area contributed by atoms with E-state index in [4.69, 9.17) is 0 Å². The summed E-state index contributed by atoms with van der Waals surface area (Å²) < 4.78 is 1.04. The number of aromatic nitrogens is 2. The lowest BCUT2D eigenvalue weighted by molar-refractivity contribution is 0.0990. The quantitative estimate of drug-likeness (QED) is 0.315. The third-order valence-electron chi connectivity index (χ3n) is 5.14. The number of fused-ring (bicyclic) bond motifs is 2. The smallest absolute Gasteiger partial charge is 0.197 e. The highest BCUT2D eigenvalue weighted by molar-refractivity contribution is 7.29. The van der Waals surface area contributed by atoms with Gasteiger partial charge < -0.3 is 0 Å². The van der Waals surface area contributed by atoms with Gasteiger partial charge in [0.25, 0.3) is 0 Å². The molecule has 0 saturated carbocycles. The third-order valence-corrected chi connectivity index (χ3v) is 7.30. The van der Waals surface area contributed by atoms with Crippen LogP contribution in [0.1, 0.15) is 43.6 Å². The van der Waals surface area contributed by atoms with Crippen LogP contribution in [0.25, 0.3) is 26.2 Å². The standard InChI is InChI=1S/C23H16N2O2S2/c1-3-13-8-17-16(7-12(13)2)20(26)18(21(17)27)9-15-10-19-23(28-15)25-22(29-19)14-5-4-6-24-11-14/h4-11H,3H2,1-2H3/b18-9-. The van der Waals surface area contributed by atoms with Crippen LogP contribution in [-0.4, -0.2) is 21.5 Å². The lowest BCUT2D eigenvalue weighted by Crippen LogP contribution is -1.99. The summed E-state index contributed by atoms with van der Waals surface area (Å²) in [5, 5.41) is 0.918. The van der Waals surface area contributed by atoms with Crippen LogP contribution in [0.5, 0.6) is 0 Å². The molecule has 6 heteroatoms. The van der Waals surface area contributed by atoms with E-state index in [9.17, 15) is 9.59 Å². The van der Waals surface area contributed by atoms with Gasteiger partial charge in [0.1, 0.15) is 9.84 Å². The molecule has 3 heterocycles. The molecule has 142 valence electrons. The first-order valence-corrected chi connectivity index (χ1v) is 10.9. The van der Waals surface area contributed by atoms with Crippen molar-refractivity contribution in [2.45, 2.75) is 20.3 Å². The molecule has 0 saturated heterocycles. The van der Waals surface area contributed by atoms with E-state index in [0.29, 0.717) is 11.1 Å². The molecule has 4 nitrogen and oxygen atoms in total. The minimum Gasteiger partial charge on any atom is -0.288 e. The molecule has 3 aromatic heterocycles. The minimum absolute atomic E-state index is 0.180. The molecule has 1 aromatic carbocycles. The lowest BCUT2D eigenvalue weighted by Gasteiger charge is -2.04. The monoisotopic (exact) mass is 416 g/mol. The summed E-state index contributed by atoms with van der Waals surface area (Å²) in [7, 11) is 0. The highest BCUT2D eigenvalue weighted by atomic mass is 32.1. The second kappa shape index (κ2) is 6.83. The summed E-state index contributed by atoms with van der Waals surface area (Å²) in [5.41, 5.74) is 4.44. The van der Waals surface area contributed by atoms with Crippen molar-refractivity contribution >= 4 is 49.8 Å². The van der Waals surface area contributed by atoms with Crippen LogP contribution >= 0.6 is 22.7 Å². The molecular weight excluding hydrogens is 400 g/mol. The Kier molecular flexibility index (Phi) is 4.26. The number of rotatable bonds is 3. The Hall–Kier alpha value is -2.96. The van der Waals surface area contributed by atoms with E-state index in [1.165, 1.54) is 11.3 Å². The fraction of sp³-hybridized carbons (Fsp3) is 0.130. The zero-order valence-electron chi connectivity index (χ0n) is 15.9. The van der Waals surface area contributed by atoms with Gasteiger partial charge in [-0.3, -0.25) is 14.6 Å². The summed E-state index contributed by atoms with van der Waals surface area (Å²) >= 11 is 3.08. The molecule has 0 fully saturated rings. The molecule has 0 amide bonds. The highest BCUT2D eigenvalue weighted by Crippen LogP contribution is 2.37. The number of carbonyl (C=O) groups excluding carboxylic acids is 2. The maximum Gasteiger partial charge on any atom is 0.197 e. The van der Waals surface area contributed by atoms with E-state index in [0.717, 1.165) is 42.5 Å². The number of nitrogens with zero attached hydrogens (tertiary/aromatic N) is 2. The number of thiazole rings is 1. The van der Waals surface area contributed by atoms with E-state index in [-0.39, 0.29) is 17.1 Å². The molecule has 4 aromatic rings. The number of allylic oxidation sites excluding steroid dienone is 1. The van der Waals surface area contributed by atoms with Crippen molar-refractivity contribution in [1.29, 1.82) is 0 Å². The molecule has 0 N–H and O–H groups in total. The van der Waals surface area contributed by atoms with Crippen molar-refractivity contribution in [3.63, 3.8) is 0 Å². The molecule has 0 atom stereocenters. The van der Waals surface area contributed by atoms with Gasteiger partial charge in [-0.25, -0.2) is 4.98 Å². The Bertz CT molecular complexity index is 1300. The molecule has 0 unspecified atom stereocenters. The first-order chi connectivity index (χ1) is 14.0. The van der Waals surface area contributed by atoms with Gasteiger partial charge in [0.2, 0.25) is 0 Å². The average molecular weight is 417 g/mol. The number of aryl methyl sites for hydroxylation is 2. The van der Waals surface area contributed by atoms with Gasteiger partial charge in [0.05, 0.1) is 10.3 Å². The topological polar surface area (TPSA) is 59.9 Å². The Labute approximate surface area is 175 Å². The van der Waals surface area contributed by atoms with E-state index >= 15 is 0 Å². The second-order valence-electron chi connectivity index (χ2n) is 6.97. The number of hydrogen-bond acceptors (Lipinski definition) is 6. The number of ketones is 2. The number of carbonyl (C=O) groups is 2. The number of hydrogen-bond donors (Lipinski definition) is 0. The molecule has 0 radical (unpaired) electrons. The largest absolute Gasteiger partial charge is 0.288 e. The Morgan fingerprint density at radius 3 is 2.55 bits per heavy atom. The Morgan fingerprint density at radius 1 is 1.07 bits per heavy atom. The Balaban J connectivity index is 1.52. The van der Waals surface area contributed by atoms with Crippen molar-refractivity contribution in [3.05, 3.63) is 75.4 Å². The van der Waals surface area contributed by atoms with Gasteiger partial charge in [0, 0.05) is 34.0 Å². The zero-order chi connectivity index (χ0) is 20.1. The summed E-state index contributed by atoms with van der Waals surface area (Å²) in [6.45, 7) is 4.04. The van der Waals surface area contributed by atoms with Crippen LogP contribution < -0.4 is 0 Å². The molecule has 1 aliphatic rings. The summed E-state index contributed by atoms with van der Waals surface area (Å²) in [6, 6.07) is 9.60. The fourth-order valence-electron chi connectivity index (χ4n) is 3.61. The number of pyridine rings is 1. The maximum absolute atomic E-state index is 12.9. The second-order valence-corrected chi connectivity index (χ2v) is 9.07. The summed E-state index contributed by atoms with van der Waals surface area (Å²) in [4.78, 5) is 36.3. The summed E-state index contributed by atoms with van der Waals surface area (Å²) in [6.07, 6.45) is 6.09. The van der Waals surface area contributed by atoms with Gasteiger partial charge in [-0.2, -0.15) is 0 Å². The van der Waals surface area contributed by atoms with Crippen LogP contribution in [0.3, 0.4) is 0 Å². The van der Waals surface area contributed by atoms with E-state index < -0.39 is 0 Å². The van der Waals surface area contributed by atoms with Gasteiger partial charge >= 0.3 is 0 Å². The van der Waals surface area contributed by atoms with Crippen LogP contribution in [-0.2, 0) is 6.42 Å². The first kappa shape index (κ1) is 18.1. The molecule has 1 aliphatic carbocycles. The normalized spacial score (nSPS) is 14.9. The zero-order valence-corrected chi connectivity index (χ0v) is 17.5. The number of Topliss-reactive ketones (excluding diaryl/α,β-unsaturated/α-hetero) is 2.